The van der Waals surface area contributed by atoms with E-state index in [1.54, 1.807) is 37.9 Å². The summed E-state index contributed by atoms with van der Waals surface area (Å²) in [6, 6.07) is 8.47. The molecule has 8 unspecified atom stereocenters. The first-order valence-electron chi connectivity index (χ1n) is 19.4. The molecule has 8 atom stereocenters. The van der Waals surface area contributed by atoms with Crippen LogP contribution in [0.4, 0.5) is 0 Å². The maximum Gasteiger partial charge on any atom is 0.245 e. The predicted octanol–water partition coefficient (Wildman–Crippen LogP) is 5.54. The van der Waals surface area contributed by atoms with Gasteiger partial charge >= 0.3 is 0 Å². The van der Waals surface area contributed by atoms with Crippen LogP contribution in [0.1, 0.15) is 100 Å². The minimum Gasteiger partial charge on any atom is -0.379 e. The Bertz CT molecular complexity index is 1270. The van der Waals surface area contributed by atoms with E-state index in [4.69, 9.17) is 4.74 Å². The minimum absolute atomic E-state index is 0.00458. The van der Waals surface area contributed by atoms with E-state index in [0.29, 0.717) is 13.1 Å². The number of nitrogens with one attached hydrogen (secondary N) is 3. The van der Waals surface area contributed by atoms with Crippen molar-refractivity contribution in [3.8, 4) is 0 Å². The molecule has 0 aromatic heterocycles. The summed E-state index contributed by atoms with van der Waals surface area (Å²) in [5.41, 5.74) is 1.18. The highest BCUT2D eigenvalue weighted by Gasteiger charge is 2.44. The first-order valence-corrected chi connectivity index (χ1v) is 20.3. The number of nitrogens with zero attached hydrogens (tertiary/aromatic N) is 2. The van der Waals surface area contributed by atoms with Crippen LogP contribution < -0.4 is 16.0 Å². The summed E-state index contributed by atoms with van der Waals surface area (Å²) < 4.78 is 5.96. The predicted molar refractivity (Wildman–Crippen MR) is 214 cm³/mol. The van der Waals surface area contributed by atoms with Gasteiger partial charge in [0, 0.05) is 49.2 Å². The maximum atomic E-state index is 14.4. The second-order valence-electron chi connectivity index (χ2n) is 16.4. The molecule has 52 heavy (non-hydrogen) atoms. The number of thioether (sulfide) groups is 1. The molecule has 0 bridgehead atoms. The van der Waals surface area contributed by atoms with Crippen molar-refractivity contribution in [3.05, 3.63) is 35.9 Å². The number of ether oxygens (including phenoxy) is 1. The van der Waals surface area contributed by atoms with Crippen molar-refractivity contribution in [1.82, 2.24) is 25.8 Å². The van der Waals surface area contributed by atoms with Gasteiger partial charge in [-0.15, -0.1) is 11.8 Å². The van der Waals surface area contributed by atoms with Crippen molar-refractivity contribution < 1.29 is 23.9 Å². The summed E-state index contributed by atoms with van der Waals surface area (Å²) in [6.45, 7) is 21.6. The summed E-state index contributed by atoms with van der Waals surface area (Å²) in [6.07, 6.45) is 2.77. The van der Waals surface area contributed by atoms with E-state index in [2.05, 4.69) is 62.7 Å². The number of hydrogen-bond donors (Lipinski definition) is 3. The third kappa shape index (κ3) is 13.0. The van der Waals surface area contributed by atoms with Gasteiger partial charge in [0.25, 0.3) is 0 Å². The Kier molecular flexibility index (Phi) is 18.7. The van der Waals surface area contributed by atoms with Crippen molar-refractivity contribution >= 4 is 35.4 Å². The molecule has 296 valence electrons. The van der Waals surface area contributed by atoms with Gasteiger partial charge in [0.1, 0.15) is 6.04 Å². The highest BCUT2D eigenvalue weighted by Crippen LogP contribution is 2.40. The van der Waals surface area contributed by atoms with E-state index < -0.39 is 24.2 Å². The number of amides is 4. The lowest BCUT2D eigenvalue weighted by molar-refractivity contribution is -0.146. The summed E-state index contributed by atoms with van der Waals surface area (Å²) in [5.74, 6) is -0.817. The van der Waals surface area contributed by atoms with Crippen LogP contribution in [0.3, 0.4) is 0 Å². The Balaban J connectivity index is 2.30. The molecule has 3 N–H and O–H groups in total. The third-order valence-corrected chi connectivity index (χ3v) is 12.2. The zero-order chi connectivity index (χ0) is 39.3. The van der Waals surface area contributed by atoms with Gasteiger partial charge in [-0.25, -0.2) is 0 Å². The number of rotatable bonds is 20. The van der Waals surface area contributed by atoms with Crippen LogP contribution >= 0.6 is 11.8 Å². The minimum atomic E-state index is -0.731. The molecule has 1 aliphatic heterocycles. The molecule has 1 aromatic rings. The molecule has 0 saturated carbocycles. The van der Waals surface area contributed by atoms with Crippen LogP contribution in [0, 0.1) is 23.7 Å². The molecule has 10 nitrogen and oxygen atoms in total. The summed E-state index contributed by atoms with van der Waals surface area (Å²) in [4.78, 5) is 59.0. The Hall–Kier alpha value is -2.63. The van der Waals surface area contributed by atoms with Gasteiger partial charge in [-0.2, -0.15) is 0 Å². The van der Waals surface area contributed by atoms with E-state index in [0.717, 1.165) is 25.7 Å². The van der Waals surface area contributed by atoms with Gasteiger partial charge < -0.3 is 30.5 Å². The van der Waals surface area contributed by atoms with Gasteiger partial charge in [0.2, 0.25) is 23.6 Å². The Labute approximate surface area is 319 Å². The largest absolute Gasteiger partial charge is 0.379 e. The molecule has 1 aromatic carbocycles. The van der Waals surface area contributed by atoms with Gasteiger partial charge in [-0.1, -0.05) is 106 Å². The average Bonchev–Trinajstić information content (AvgIpc) is 3.58. The molecule has 0 aliphatic carbocycles. The second-order valence-corrected chi connectivity index (χ2v) is 18.4. The zero-order valence-corrected chi connectivity index (χ0v) is 35.3. The molecule has 4 amide bonds. The van der Waals surface area contributed by atoms with Crippen molar-refractivity contribution in [1.29, 1.82) is 0 Å². The van der Waals surface area contributed by atoms with Crippen LogP contribution in [0.5, 0.6) is 0 Å². The fourth-order valence-corrected chi connectivity index (χ4v) is 9.00. The lowest BCUT2D eigenvalue weighted by Gasteiger charge is -2.41. The quantitative estimate of drug-likeness (QED) is 0.161. The standard InChI is InChI=1S/C41H71N5O5S/c1-14-28(6)36(45(12)40(50)35(27(4)5)44-39(49)34(42-11)26(2)3)32(51-13)25-33(47)46-24-18-21-31(46)37(52-41(8,9)10)29(7)38(48)43-23-22-30-19-16-15-17-20-30/h15-17,19-20,26-29,31-32,34-37,42H,14,18,21-25H2,1-13H3,(H,43,48)(H,44,49). The second kappa shape index (κ2) is 21.3. The molecule has 1 fully saturated rings. The number of likely N-dealkylation sites (tertiary alicyclic amines) is 1. The summed E-state index contributed by atoms with van der Waals surface area (Å²) >= 11 is 1.77. The lowest BCUT2D eigenvalue weighted by atomic mass is 9.89. The van der Waals surface area contributed by atoms with E-state index in [9.17, 15) is 19.2 Å². The van der Waals surface area contributed by atoms with Gasteiger partial charge in [0.05, 0.1) is 24.6 Å². The molecule has 1 aliphatic rings. The molecular formula is C41H71N5O5S. The van der Waals surface area contributed by atoms with Crippen molar-refractivity contribution in [2.24, 2.45) is 23.7 Å². The van der Waals surface area contributed by atoms with E-state index in [1.807, 2.05) is 57.7 Å². The lowest BCUT2D eigenvalue weighted by Crippen LogP contribution is -2.59. The molecule has 0 radical (unpaired) electrons. The van der Waals surface area contributed by atoms with Crippen LogP contribution in [0.25, 0.3) is 0 Å². The monoisotopic (exact) mass is 746 g/mol. The molecule has 1 saturated heterocycles. The molecule has 11 heteroatoms. The molecular weight excluding hydrogens is 675 g/mol. The first-order chi connectivity index (χ1) is 24.4. The zero-order valence-electron chi connectivity index (χ0n) is 34.5. The van der Waals surface area contributed by atoms with Gasteiger partial charge in [-0.05, 0) is 49.6 Å². The van der Waals surface area contributed by atoms with Gasteiger partial charge in [-0.3, -0.25) is 19.2 Å². The topological polar surface area (TPSA) is 120 Å². The Morgan fingerprint density at radius 1 is 0.981 bits per heavy atom. The smallest absolute Gasteiger partial charge is 0.245 e. The van der Waals surface area contributed by atoms with Gasteiger partial charge in [0.15, 0.2) is 0 Å². The maximum absolute atomic E-state index is 14.4. The molecule has 1 heterocycles. The third-order valence-electron chi connectivity index (χ3n) is 10.5. The van der Waals surface area contributed by atoms with E-state index in [1.165, 1.54) is 5.56 Å². The summed E-state index contributed by atoms with van der Waals surface area (Å²) in [7, 11) is 5.12. The van der Waals surface area contributed by atoms with E-state index in [-0.39, 0.29) is 69.8 Å². The first kappa shape index (κ1) is 45.5. The summed E-state index contributed by atoms with van der Waals surface area (Å²) in [5, 5.41) is 9.15. The number of methoxy groups -OCH3 is 1. The van der Waals surface area contributed by atoms with Crippen LogP contribution in [-0.4, -0.2) is 108 Å². The normalized spacial score (nSPS) is 19.1. The van der Waals surface area contributed by atoms with Crippen LogP contribution in [0.2, 0.25) is 0 Å². The highest BCUT2D eigenvalue weighted by molar-refractivity contribution is 8.01. The van der Waals surface area contributed by atoms with Crippen LogP contribution in [-0.2, 0) is 30.3 Å². The van der Waals surface area contributed by atoms with E-state index >= 15 is 0 Å². The number of hydrogen-bond acceptors (Lipinski definition) is 7. The molecule has 0 spiro atoms. The SMILES string of the molecule is CCC(C)C(C(CC(=O)N1CCCC1C(SC(C)(C)C)C(C)C(=O)NCCc1ccccc1)OC)N(C)C(=O)C(NC(=O)C(NC)C(C)C)C(C)C. The fraction of sp³-hybridized carbons (Fsp3) is 0.756. The van der Waals surface area contributed by atoms with Crippen molar-refractivity contribution in [2.75, 3.05) is 34.3 Å². The number of benzene rings is 1. The van der Waals surface area contributed by atoms with Crippen molar-refractivity contribution in [2.45, 2.75) is 142 Å². The number of carbonyl (C=O) groups is 4. The Morgan fingerprint density at radius 3 is 2.12 bits per heavy atom. The fourth-order valence-electron chi connectivity index (χ4n) is 7.41. The molecule has 2 rings (SSSR count). The number of carbonyl (C=O) groups excluding carboxylic acids is 4. The van der Waals surface area contributed by atoms with Crippen molar-refractivity contribution in [3.63, 3.8) is 0 Å². The average molecular weight is 746 g/mol. The van der Waals surface area contributed by atoms with Crippen LogP contribution in [0.15, 0.2) is 30.3 Å². The Morgan fingerprint density at radius 2 is 1.60 bits per heavy atom. The number of likely N-dealkylation sites (N-methyl/N-ethyl adjacent to an activating group) is 2. The highest BCUT2D eigenvalue weighted by atomic mass is 32.2.